The van der Waals surface area contributed by atoms with E-state index in [9.17, 15) is 0 Å². The lowest BCUT2D eigenvalue weighted by atomic mass is 10.1. The number of rotatable bonds is 4. The van der Waals surface area contributed by atoms with E-state index >= 15 is 0 Å². The Kier molecular flexibility index (Phi) is 4.21. The van der Waals surface area contributed by atoms with Gasteiger partial charge in [0.05, 0.1) is 0 Å². The fraction of sp³-hybridized carbons (Fsp3) is 0.385. The van der Waals surface area contributed by atoms with Gasteiger partial charge in [0, 0.05) is 23.1 Å². The van der Waals surface area contributed by atoms with Crippen LogP contribution in [-0.4, -0.2) is 14.8 Å². The number of nitrogens with zero attached hydrogens (tertiary/aromatic N) is 3. The molecule has 0 spiro atoms. The molecule has 0 saturated carbocycles. The van der Waals surface area contributed by atoms with Crippen LogP contribution in [0.3, 0.4) is 0 Å². The van der Waals surface area contributed by atoms with Gasteiger partial charge in [-0.05, 0) is 26.0 Å². The fourth-order valence-electron chi connectivity index (χ4n) is 1.73. The molecule has 102 valence electrons. The average molecular weight is 325 g/mol. The van der Waals surface area contributed by atoms with Gasteiger partial charge in [0.1, 0.15) is 18.2 Å². The van der Waals surface area contributed by atoms with Crippen molar-refractivity contribution in [2.24, 2.45) is 12.8 Å². The number of hydrogen-bond acceptors (Lipinski definition) is 4. The molecular weight excluding hydrogens is 308 g/mol. The summed E-state index contributed by atoms with van der Waals surface area (Å²) in [7, 11) is 1.92. The molecule has 0 bridgehead atoms. The Morgan fingerprint density at radius 1 is 1.42 bits per heavy atom. The minimum absolute atomic E-state index is 0.0793. The van der Waals surface area contributed by atoms with Gasteiger partial charge in [0.15, 0.2) is 5.82 Å². The first-order chi connectivity index (χ1) is 8.99. The molecule has 0 radical (unpaired) electrons. The fourth-order valence-corrected chi connectivity index (χ4v) is 2.07. The number of ether oxygens (including phenoxy) is 1. The van der Waals surface area contributed by atoms with Gasteiger partial charge in [-0.3, -0.25) is 0 Å². The van der Waals surface area contributed by atoms with Gasteiger partial charge >= 0.3 is 0 Å². The standard InChI is InChI=1S/C13H17BrN4O/c1-8(15)11-5-4-10(14)6-12(11)19-7-13-17-16-9(2)18(13)3/h4-6,8H,7,15H2,1-3H3/t8-/m0/s1. The van der Waals surface area contributed by atoms with Crippen molar-refractivity contribution in [3.05, 3.63) is 39.9 Å². The number of aromatic nitrogens is 3. The summed E-state index contributed by atoms with van der Waals surface area (Å²) in [6.45, 7) is 4.21. The molecule has 0 fully saturated rings. The number of halogens is 1. The molecule has 2 rings (SSSR count). The molecule has 2 aromatic rings. The number of hydrogen-bond donors (Lipinski definition) is 1. The number of nitrogens with two attached hydrogens (primary N) is 1. The molecule has 1 aromatic heterocycles. The maximum absolute atomic E-state index is 5.94. The van der Waals surface area contributed by atoms with Crippen molar-refractivity contribution in [2.45, 2.75) is 26.5 Å². The summed E-state index contributed by atoms with van der Waals surface area (Å²) in [5.41, 5.74) is 6.91. The van der Waals surface area contributed by atoms with E-state index in [4.69, 9.17) is 10.5 Å². The van der Waals surface area contributed by atoms with E-state index in [1.165, 1.54) is 0 Å². The topological polar surface area (TPSA) is 66.0 Å². The molecule has 0 aliphatic heterocycles. The van der Waals surface area contributed by atoms with Gasteiger partial charge < -0.3 is 15.0 Å². The predicted octanol–water partition coefficient (Wildman–Crippen LogP) is 2.48. The van der Waals surface area contributed by atoms with Crippen molar-refractivity contribution in [3.63, 3.8) is 0 Å². The molecule has 6 heteroatoms. The summed E-state index contributed by atoms with van der Waals surface area (Å²) in [6.07, 6.45) is 0. The zero-order valence-corrected chi connectivity index (χ0v) is 12.8. The molecule has 0 aliphatic carbocycles. The summed E-state index contributed by atoms with van der Waals surface area (Å²) < 4.78 is 8.69. The van der Waals surface area contributed by atoms with E-state index in [0.29, 0.717) is 6.61 Å². The average Bonchev–Trinajstić information content (AvgIpc) is 2.67. The van der Waals surface area contributed by atoms with Gasteiger partial charge in [0.25, 0.3) is 0 Å². The minimum Gasteiger partial charge on any atom is -0.485 e. The third kappa shape index (κ3) is 3.13. The molecule has 1 aromatic carbocycles. The van der Waals surface area contributed by atoms with Crippen LogP contribution in [0.15, 0.2) is 22.7 Å². The van der Waals surface area contributed by atoms with Crippen molar-refractivity contribution >= 4 is 15.9 Å². The van der Waals surface area contributed by atoms with Crippen LogP contribution < -0.4 is 10.5 Å². The Balaban J connectivity index is 2.19. The normalized spacial score (nSPS) is 12.5. The highest BCUT2D eigenvalue weighted by atomic mass is 79.9. The predicted molar refractivity (Wildman–Crippen MR) is 76.8 cm³/mol. The minimum atomic E-state index is -0.0793. The lowest BCUT2D eigenvalue weighted by molar-refractivity contribution is 0.286. The van der Waals surface area contributed by atoms with Crippen molar-refractivity contribution < 1.29 is 4.74 Å². The summed E-state index contributed by atoms with van der Waals surface area (Å²) in [5.74, 6) is 2.42. The van der Waals surface area contributed by atoms with Crippen molar-refractivity contribution in [1.82, 2.24) is 14.8 Å². The smallest absolute Gasteiger partial charge is 0.170 e. The molecule has 0 amide bonds. The first-order valence-electron chi connectivity index (χ1n) is 6.01. The summed E-state index contributed by atoms with van der Waals surface area (Å²) in [4.78, 5) is 0. The third-order valence-electron chi connectivity index (χ3n) is 3.01. The Morgan fingerprint density at radius 2 is 2.16 bits per heavy atom. The second-order valence-corrected chi connectivity index (χ2v) is 5.40. The van der Waals surface area contributed by atoms with Crippen LogP contribution in [-0.2, 0) is 13.7 Å². The molecule has 0 aliphatic rings. The molecule has 2 N–H and O–H groups in total. The van der Waals surface area contributed by atoms with Crippen LogP contribution in [0.25, 0.3) is 0 Å². The molecular formula is C13H17BrN4O. The van der Waals surface area contributed by atoms with Crippen LogP contribution in [0.1, 0.15) is 30.2 Å². The van der Waals surface area contributed by atoms with E-state index < -0.39 is 0 Å². The molecule has 0 unspecified atom stereocenters. The monoisotopic (exact) mass is 324 g/mol. The van der Waals surface area contributed by atoms with E-state index in [0.717, 1.165) is 27.4 Å². The Labute approximate surface area is 120 Å². The van der Waals surface area contributed by atoms with E-state index in [1.807, 2.05) is 43.7 Å². The summed E-state index contributed by atoms with van der Waals surface area (Å²) in [6, 6.07) is 5.76. The molecule has 1 atom stereocenters. The molecule has 19 heavy (non-hydrogen) atoms. The number of benzene rings is 1. The first kappa shape index (κ1) is 14.0. The molecule has 0 saturated heterocycles. The highest BCUT2D eigenvalue weighted by Gasteiger charge is 2.11. The van der Waals surface area contributed by atoms with Gasteiger partial charge in [-0.25, -0.2) is 0 Å². The van der Waals surface area contributed by atoms with Gasteiger partial charge in [-0.1, -0.05) is 22.0 Å². The maximum atomic E-state index is 5.94. The highest BCUT2D eigenvalue weighted by Crippen LogP contribution is 2.28. The molecule has 5 nitrogen and oxygen atoms in total. The van der Waals surface area contributed by atoms with E-state index in [-0.39, 0.29) is 6.04 Å². The first-order valence-corrected chi connectivity index (χ1v) is 6.81. The quantitative estimate of drug-likeness (QED) is 0.938. The maximum Gasteiger partial charge on any atom is 0.170 e. The van der Waals surface area contributed by atoms with E-state index in [2.05, 4.69) is 26.1 Å². The van der Waals surface area contributed by atoms with Crippen LogP contribution in [0.4, 0.5) is 0 Å². The van der Waals surface area contributed by atoms with Crippen molar-refractivity contribution in [3.8, 4) is 5.75 Å². The lowest BCUT2D eigenvalue weighted by Gasteiger charge is -2.14. The Hall–Kier alpha value is -1.40. The SMILES string of the molecule is Cc1nnc(COc2cc(Br)ccc2[C@H](C)N)n1C. The van der Waals surface area contributed by atoms with Crippen LogP contribution in [0.2, 0.25) is 0 Å². The Bertz CT molecular complexity index is 580. The summed E-state index contributed by atoms with van der Waals surface area (Å²) >= 11 is 3.44. The van der Waals surface area contributed by atoms with Gasteiger partial charge in [0.2, 0.25) is 0 Å². The second kappa shape index (κ2) is 5.71. The van der Waals surface area contributed by atoms with Crippen molar-refractivity contribution in [1.29, 1.82) is 0 Å². The number of aryl methyl sites for hydroxylation is 1. The second-order valence-electron chi connectivity index (χ2n) is 4.48. The van der Waals surface area contributed by atoms with Gasteiger partial charge in [-0.15, -0.1) is 10.2 Å². The van der Waals surface area contributed by atoms with E-state index in [1.54, 1.807) is 0 Å². The van der Waals surface area contributed by atoms with Crippen LogP contribution in [0.5, 0.6) is 5.75 Å². The van der Waals surface area contributed by atoms with Crippen LogP contribution >= 0.6 is 15.9 Å². The molecule has 1 heterocycles. The third-order valence-corrected chi connectivity index (χ3v) is 3.50. The van der Waals surface area contributed by atoms with Crippen molar-refractivity contribution in [2.75, 3.05) is 0 Å². The van der Waals surface area contributed by atoms with Crippen LogP contribution in [0, 0.1) is 6.92 Å². The zero-order chi connectivity index (χ0) is 14.0. The summed E-state index contributed by atoms with van der Waals surface area (Å²) in [5, 5.41) is 8.07. The largest absolute Gasteiger partial charge is 0.485 e. The van der Waals surface area contributed by atoms with Gasteiger partial charge in [-0.2, -0.15) is 0 Å². The lowest BCUT2D eigenvalue weighted by Crippen LogP contribution is -2.10. The zero-order valence-electron chi connectivity index (χ0n) is 11.2. The Morgan fingerprint density at radius 3 is 2.74 bits per heavy atom. The highest BCUT2D eigenvalue weighted by molar-refractivity contribution is 9.10.